The third-order valence-corrected chi connectivity index (χ3v) is 6.39. The molecule has 1 heterocycles. The van der Waals surface area contributed by atoms with E-state index in [1.807, 2.05) is 63.2 Å². The topological polar surface area (TPSA) is 79.0 Å². The van der Waals surface area contributed by atoms with Gasteiger partial charge in [0.05, 0.1) is 18.6 Å². The average molecular weight is 414 g/mol. The monoisotopic (exact) mass is 413 g/mol. The minimum absolute atomic E-state index is 0.291. The quantitative estimate of drug-likeness (QED) is 0.637. The van der Waals surface area contributed by atoms with E-state index in [-0.39, 0.29) is 5.41 Å². The Morgan fingerprint density at radius 2 is 1.61 bits per heavy atom. The first-order chi connectivity index (χ1) is 14.7. The molecule has 31 heavy (non-hydrogen) atoms. The molecule has 2 aromatic carbocycles. The standard InChI is InChI=1S/C26H27N3O2/c1-24(2,3)26(30,21-14-28-17-29-15-21)22-10-7-19(13-23(22)31-4)18-5-8-20(9-6-18)25(16-27)11-12-25/h5-10,13-15,17,30H,11-12H2,1-4H3. The Morgan fingerprint density at radius 1 is 1.00 bits per heavy atom. The predicted octanol–water partition coefficient (Wildman–Crippen LogP) is 4.99. The van der Waals surface area contributed by atoms with E-state index in [0.717, 1.165) is 29.5 Å². The van der Waals surface area contributed by atoms with Gasteiger partial charge in [0.25, 0.3) is 0 Å². The van der Waals surface area contributed by atoms with E-state index >= 15 is 0 Å². The maximum Gasteiger partial charge on any atom is 0.126 e. The Bertz CT molecular complexity index is 1120. The molecule has 3 aromatic rings. The SMILES string of the molecule is COc1cc(-c2ccc(C3(C#N)CC3)cc2)ccc1C(O)(c1cncnc1)C(C)(C)C. The second-order valence-electron chi connectivity index (χ2n) is 9.27. The van der Waals surface area contributed by atoms with Crippen LogP contribution in [0.4, 0.5) is 0 Å². The second-order valence-corrected chi connectivity index (χ2v) is 9.27. The highest BCUT2D eigenvalue weighted by Gasteiger charge is 2.46. The van der Waals surface area contributed by atoms with Crippen molar-refractivity contribution in [1.29, 1.82) is 5.26 Å². The van der Waals surface area contributed by atoms with Crippen LogP contribution in [0.1, 0.15) is 50.3 Å². The van der Waals surface area contributed by atoms with E-state index in [1.54, 1.807) is 19.5 Å². The second kappa shape index (κ2) is 7.47. The van der Waals surface area contributed by atoms with Crippen LogP contribution in [0.15, 0.2) is 61.2 Å². The van der Waals surface area contributed by atoms with Crippen LogP contribution in [0.3, 0.4) is 0 Å². The van der Waals surface area contributed by atoms with Gasteiger partial charge in [0, 0.05) is 23.5 Å². The van der Waals surface area contributed by atoms with Gasteiger partial charge in [-0.25, -0.2) is 9.97 Å². The van der Waals surface area contributed by atoms with Crippen LogP contribution in [0.5, 0.6) is 5.75 Å². The van der Waals surface area contributed by atoms with Crippen molar-refractivity contribution in [2.24, 2.45) is 5.41 Å². The molecule has 1 unspecified atom stereocenters. The van der Waals surface area contributed by atoms with E-state index < -0.39 is 11.0 Å². The molecule has 0 bridgehead atoms. The van der Waals surface area contributed by atoms with Crippen molar-refractivity contribution < 1.29 is 9.84 Å². The smallest absolute Gasteiger partial charge is 0.126 e. The highest BCUT2D eigenvalue weighted by molar-refractivity contribution is 5.68. The third kappa shape index (κ3) is 3.47. The first kappa shape index (κ1) is 21.0. The summed E-state index contributed by atoms with van der Waals surface area (Å²) in [6.07, 6.45) is 6.61. The summed E-state index contributed by atoms with van der Waals surface area (Å²) in [5, 5.41) is 21.4. The summed E-state index contributed by atoms with van der Waals surface area (Å²) in [5.41, 5.74) is 2.20. The van der Waals surface area contributed by atoms with E-state index in [0.29, 0.717) is 16.9 Å². The van der Waals surface area contributed by atoms with Gasteiger partial charge in [0.1, 0.15) is 17.7 Å². The molecular formula is C26H27N3O2. The summed E-state index contributed by atoms with van der Waals surface area (Å²) in [6, 6.07) is 16.5. The van der Waals surface area contributed by atoms with Crippen LogP contribution in [-0.2, 0) is 11.0 Å². The van der Waals surface area contributed by atoms with Gasteiger partial charge in [-0.2, -0.15) is 5.26 Å². The fourth-order valence-electron chi connectivity index (χ4n) is 4.22. The molecule has 1 saturated carbocycles. The minimum atomic E-state index is -1.34. The zero-order valence-corrected chi connectivity index (χ0v) is 18.4. The molecule has 5 heteroatoms. The Balaban J connectivity index is 1.77. The summed E-state index contributed by atoms with van der Waals surface area (Å²) in [6.45, 7) is 5.94. The maximum atomic E-state index is 11.9. The van der Waals surface area contributed by atoms with Crippen LogP contribution in [0.25, 0.3) is 11.1 Å². The molecule has 1 aliphatic carbocycles. The zero-order chi connectivity index (χ0) is 22.3. The molecule has 1 N–H and O–H groups in total. The molecule has 0 saturated heterocycles. The lowest BCUT2D eigenvalue weighted by molar-refractivity contribution is -0.0281. The van der Waals surface area contributed by atoms with Gasteiger partial charge in [0.15, 0.2) is 0 Å². The number of nitrogens with zero attached hydrogens (tertiary/aromatic N) is 3. The number of aliphatic hydroxyl groups is 1. The summed E-state index contributed by atoms with van der Waals surface area (Å²) >= 11 is 0. The van der Waals surface area contributed by atoms with E-state index in [2.05, 4.69) is 16.0 Å². The fraction of sp³-hybridized carbons (Fsp3) is 0.346. The van der Waals surface area contributed by atoms with Crippen molar-refractivity contribution in [3.05, 3.63) is 77.9 Å². The molecular weight excluding hydrogens is 386 g/mol. The lowest BCUT2D eigenvalue weighted by atomic mass is 9.68. The van der Waals surface area contributed by atoms with E-state index in [1.165, 1.54) is 6.33 Å². The van der Waals surface area contributed by atoms with Gasteiger partial charge < -0.3 is 9.84 Å². The molecule has 5 nitrogen and oxygen atoms in total. The Kier molecular flexibility index (Phi) is 5.07. The Labute approximate surface area is 183 Å². The molecule has 0 amide bonds. The van der Waals surface area contributed by atoms with Crippen LogP contribution in [0, 0.1) is 16.7 Å². The molecule has 1 atom stereocenters. The van der Waals surface area contributed by atoms with Crippen LogP contribution in [-0.4, -0.2) is 22.2 Å². The number of hydrogen-bond donors (Lipinski definition) is 1. The first-order valence-electron chi connectivity index (χ1n) is 10.4. The number of benzene rings is 2. The molecule has 0 aliphatic heterocycles. The normalized spacial score (nSPS) is 16.8. The molecule has 0 radical (unpaired) electrons. The number of rotatable bonds is 5. The number of ether oxygens (including phenoxy) is 1. The Morgan fingerprint density at radius 3 is 2.13 bits per heavy atom. The number of methoxy groups -OCH3 is 1. The summed E-state index contributed by atoms with van der Waals surface area (Å²) in [4.78, 5) is 8.23. The largest absolute Gasteiger partial charge is 0.496 e. The summed E-state index contributed by atoms with van der Waals surface area (Å²) < 4.78 is 5.73. The van der Waals surface area contributed by atoms with Gasteiger partial charge in [-0.3, -0.25) is 0 Å². The van der Waals surface area contributed by atoms with Crippen molar-refractivity contribution in [3.8, 4) is 22.9 Å². The highest BCUT2D eigenvalue weighted by atomic mass is 16.5. The molecule has 4 rings (SSSR count). The van der Waals surface area contributed by atoms with Crippen molar-refractivity contribution in [1.82, 2.24) is 9.97 Å². The molecule has 1 aromatic heterocycles. The van der Waals surface area contributed by atoms with Crippen molar-refractivity contribution >= 4 is 0 Å². The van der Waals surface area contributed by atoms with Gasteiger partial charge >= 0.3 is 0 Å². The third-order valence-electron chi connectivity index (χ3n) is 6.39. The predicted molar refractivity (Wildman–Crippen MR) is 119 cm³/mol. The van der Waals surface area contributed by atoms with Crippen molar-refractivity contribution in [3.63, 3.8) is 0 Å². The van der Waals surface area contributed by atoms with Crippen LogP contribution < -0.4 is 4.74 Å². The van der Waals surface area contributed by atoms with Gasteiger partial charge in [-0.05, 0) is 41.0 Å². The van der Waals surface area contributed by atoms with Crippen molar-refractivity contribution in [2.45, 2.75) is 44.6 Å². The summed E-state index contributed by atoms with van der Waals surface area (Å²) in [7, 11) is 1.61. The fourth-order valence-corrected chi connectivity index (χ4v) is 4.22. The molecule has 1 aliphatic rings. The Hall–Kier alpha value is -3.23. The number of nitriles is 1. The van der Waals surface area contributed by atoms with Gasteiger partial charge in [-0.1, -0.05) is 57.2 Å². The highest BCUT2D eigenvalue weighted by Crippen LogP contribution is 2.49. The maximum absolute atomic E-state index is 11.9. The number of aromatic nitrogens is 2. The van der Waals surface area contributed by atoms with E-state index in [9.17, 15) is 10.4 Å². The van der Waals surface area contributed by atoms with E-state index in [4.69, 9.17) is 4.74 Å². The van der Waals surface area contributed by atoms with Crippen LogP contribution >= 0.6 is 0 Å². The molecule has 1 fully saturated rings. The summed E-state index contributed by atoms with van der Waals surface area (Å²) in [5.74, 6) is 0.596. The minimum Gasteiger partial charge on any atom is -0.496 e. The van der Waals surface area contributed by atoms with Crippen molar-refractivity contribution in [2.75, 3.05) is 7.11 Å². The number of hydrogen-bond acceptors (Lipinski definition) is 5. The van der Waals surface area contributed by atoms with Gasteiger partial charge in [-0.15, -0.1) is 0 Å². The average Bonchev–Trinajstić information content (AvgIpc) is 3.59. The zero-order valence-electron chi connectivity index (χ0n) is 18.4. The van der Waals surface area contributed by atoms with Crippen LogP contribution in [0.2, 0.25) is 0 Å². The van der Waals surface area contributed by atoms with Gasteiger partial charge in [0.2, 0.25) is 0 Å². The first-order valence-corrected chi connectivity index (χ1v) is 10.4. The lowest BCUT2D eigenvalue weighted by Gasteiger charge is -2.41. The molecule has 158 valence electrons. The molecule has 0 spiro atoms. The lowest BCUT2D eigenvalue weighted by Crippen LogP contribution is -2.41.